The highest BCUT2D eigenvalue weighted by molar-refractivity contribution is 8.03. The maximum Gasteiger partial charge on any atom is 0.235 e. The fourth-order valence-corrected chi connectivity index (χ4v) is 19.9. The van der Waals surface area contributed by atoms with E-state index in [0.717, 1.165) is 181 Å². The monoisotopic (exact) mass is 1310 g/mol. The van der Waals surface area contributed by atoms with Crippen LogP contribution >= 0.6 is 23.5 Å². The van der Waals surface area contributed by atoms with Crippen molar-refractivity contribution in [1.82, 2.24) is 28.2 Å². The number of fused-ring (bicyclic) bond motifs is 26. The van der Waals surface area contributed by atoms with Crippen molar-refractivity contribution in [3.8, 4) is 39.7 Å². The highest BCUT2D eigenvalue weighted by atomic mass is 32.2. The molecule has 0 saturated heterocycles. The van der Waals surface area contributed by atoms with E-state index >= 15 is 0 Å². The Morgan fingerprint density at radius 2 is 1.02 bits per heavy atom. The van der Waals surface area contributed by atoms with E-state index in [1.165, 1.54) is 25.2 Å². The Balaban J connectivity index is 0.690. The van der Waals surface area contributed by atoms with Crippen LogP contribution < -0.4 is 0 Å². The van der Waals surface area contributed by atoms with Crippen LogP contribution in [0.15, 0.2) is 317 Å². The number of allylic oxidation sites excluding steroid dienone is 3. The molecule has 0 spiro atoms. The summed E-state index contributed by atoms with van der Waals surface area (Å²) >= 11 is 3.64. The van der Waals surface area contributed by atoms with Crippen LogP contribution in [-0.4, -0.2) is 39.9 Å². The molecule has 4 aliphatic rings. The van der Waals surface area contributed by atoms with E-state index in [2.05, 4.69) is 297 Å². The number of rotatable bonds is 4. The van der Waals surface area contributed by atoms with E-state index in [4.69, 9.17) is 28.8 Å². The van der Waals surface area contributed by atoms with Gasteiger partial charge in [0.2, 0.25) is 11.9 Å². The molecule has 3 aliphatic heterocycles. The van der Waals surface area contributed by atoms with Gasteiger partial charge in [0, 0.05) is 101 Å². The van der Waals surface area contributed by atoms with E-state index in [1.807, 2.05) is 11.8 Å². The Labute approximate surface area is 576 Å². The number of para-hydroxylation sites is 5. The zero-order valence-corrected chi connectivity index (χ0v) is 54.6. The van der Waals surface area contributed by atoms with Crippen LogP contribution in [0, 0.1) is 5.92 Å². The van der Waals surface area contributed by atoms with Gasteiger partial charge >= 0.3 is 0 Å². The Hall–Kier alpha value is -12.5. The standard InChI is InChI=1S/C88H48N8O2S2/c1-3-18-48(19-4-1)93-67-44-43-66-74(77(67)78-68(93)42-41-56-52-23-9-13-32-69(52)97-84(56)78)58-24-8-12-31-65(58)95(66)87-89-63-29-17-35-73-76(63)80(92-87)60-27-15-26-50(86(60)100-73)47-36-45-70-61(46-47)57-40-39-55-54-38-37-53-51-22-7-11-30-64(51)96(82(53)81(54)94(83(55)85(57)98-70)49-20-5-2-6-21-49)88-90-62-28-16-34-72-75(62)79(91-88)59-25-10-14-33-71(59)99-72/h1-46,76,80H. The first kappa shape index (κ1) is 53.6. The van der Waals surface area contributed by atoms with E-state index in [1.54, 1.807) is 11.8 Å². The Morgan fingerprint density at radius 1 is 0.390 bits per heavy atom. The van der Waals surface area contributed by atoms with Crippen molar-refractivity contribution >= 4 is 177 Å². The largest absolute Gasteiger partial charge is 0.455 e. The third-order valence-electron chi connectivity index (χ3n) is 21.5. The predicted molar refractivity (Wildman–Crippen MR) is 411 cm³/mol. The Kier molecular flexibility index (Phi) is 10.5. The molecular formula is C88H48N8O2S2. The summed E-state index contributed by atoms with van der Waals surface area (Å²) in [6, 6.07) is 93.8. The van der Waals surface area contributed by atoms with Crippen molar-refractivity contribution in [1.29, 1.82) is 0 Å². The molecule has 0 fully saturated rings. The summed E-state index contributed by atoms with van der Waals surface area (Å²) in [4.78, 5) is 27.4. The molecule has 0 radical (unpaired) electrons. The van der Waals surface area contributed by atoms with Gasteiger partial charge < -0.3 is 18.0 Å². The van der Waals surface area contributed by atoms with Gasteiger partial charge in [-0.25, -0.2) is 20.0 Å². The first-order chi connectivity index (χ1) is 49.6. The predicted octanol–water partition coefficient (Wildman–Crippen LogP) is 23.2. The number of aliphatic imine (C=N–C) groups is 2. The molecule has 20 aromatic rings. The molecule has 13 aromatic carbocycles. The second-order valence-electron chi connectivity index (χ2n) is 26.6. The Bertz CT molecular complexity index is 7300. The highest BCUT2D eigenvalue weighted by Crippen LogP contribution is 2.56. The lowest BCUT2D eigenvalue weighted by Crippen LogP contribution is -2.32. The minimum Gasteiger partial charge on any atom is -0.455 e. The number of nitrogens with zero attached hydrogens (tertiary/aromatic N) is 8. The quantitative estimate of drug-likeness (QED) is 0.174. The number of benzene rings is 13. The van der Waals surface area contributed by atoms with Gasteiger partial charge in [-0.3, -0.25) is 9.13 Å². The van der Waals surface area contributed by atoms with Crippen LogP contribution in [0.4, 0.5) is 0 Å². The fraction of sp³-hybridized carbons (Fsp3) is 0.0227. The van der Waals surface area contributed by atoms with Gasteiger partial charge in [0.1, 0.15) is 16.7 Å². The zero-order valence-electron chi connectivity index (χ0n) is 52.9. The normalized spacial score (nSPS) is 15.7. The lowest BCUT2D eigenvalue weighted by Gasteiger charge is -2.37. The van der Waals surface area contributed by atoms with Gasteiger partial charge in [-0.15, -0.1) is 0 Å². The second kappa shape index (κ2) is 19.6. The molecule has 0 bridgehead atoms. The number of furan rings is 2. The van der Waals surface area contributed by atoms with Gasteiger partial charge in [-0.1, -0.05) is 193 Å². The van der Waals surface area contributed by atoms with Gasteiger partial charge in [0.25, 0.3) is 0 Å². The molecular weight excluding hydrogens is 1270 g/mol. The van der Waals surface area contributed by atoms with Crippen molar-refractivity contribution in [2.45, 2.75) is 20.7 Å². The average Bonchev–Trinajstić information content (AvgIpc) is 1.53. The lowest BCUT2D eigenvalue weighted by molar-refractivity contribution is 0.611. The topological polar surface area (TPSA) is 96.5 Å². The minimum atomic E-state index is -0.244. The maximum atomic E-state index is 7.29. The van der Waals surface area contributed by atoms with Crippen molar-refractivity contribution in [2.75, 3.05) is 0 Å². The third kappa shape index (κ3) is 7.04. The Morgan fingerprint density at radius 3 is 1.88 bits per heavy atom. The van der Waals surface area contributed by atoms with Crippen LogP contribution in [0.2, 0.25) is 0 Å². The molecule has 464 valence electrons. The maximum absolute atomic E-state index is 7.29. The summed E-state index contributed by atoms with van der Waals surface area (Å²) in [6.07, 6.45) is 6.64. The van der Waals surface area contributed by atoms with Crippen molar-refractivity contribution in [3.05, 3.63) is 290 Å². The second-order valence-corrected chi connectivity index (χ2v) is 28.8. The molecule has 7 aromatic heterocycles. The van der Waals surface area contributed by atoms with Crippen LogP contribution in [0.5, 0.6) is 0 Å². The molecule has 10 nitrogen and oxygen atoms in total. The first-order valence-electron chi connectivity index (χ1n) is 33.8. The van der Waals surface area contributed by atoms with E-state index in [9.17, 15) is 0 Å². The lowest BCUT2D eigenvalue weighted by atomic mass is 9.84. The van der Waals surface area contributed by atoms with Crippen LogP contribution in [0.1, 0.15) is 11.6 Å². The summed E-state index contributed by atoms with van der Waals surface area (Å²) in [6.45, 7) is 0. The smallest absolute Gasteiger partial charge is 0.235 e. The van der Waals surface area contributed by atoms with Crippen molar-refractivity contribution < 1.29 is 8.83 Å². The summed E-state index contributed by atoms with van der Waals surface area (Å²) in [5.41, 5.74) is 21.3. The third-order valence-corrected chi connectivity index (χ3v) is 24.0. The van der Waals surface area contributed by atoms with Crippen LogP contribution in [0.25, 0.3) is 182 Å². The SMILES string of the molecule is C1=CC2=NC(n3c4ccccc4c4c5c6c7oc8ccccc8c7ccc6n(-c6ccccc6)c5ccc43)=NC3c4cccc(-c5ccc6oc7c(ccc8c9ccc%10c%11ccccc%11n(-c%11nc%12c%13c(cccc%13n%11)Sc%11ccccc%11-%12)c%10c9n(-c9ccccc9)c87)c6c5)c4SC(=C1)C23. The molecule has 0 N–H and O–H groups in total. The van der Waals surface area contributed by atoms with E-state index in [0.29, 0.717) is 11.9 Å². The summed E-state index contributed by atoms with van der Waals surface area (Å²) in [5.74, 6) is 1.26. The van der Waals surface area contributed by atoms with Gasteiger partial charge in [0.15, 0.2) is 5.58 Å². The van der Waals surface area contributed by atoms with Crippen molar-refractivity contribution in [2.24, 2.45) is 15.9 Å². The number of hydrogen-bond donors (Lipinski definition) is 0. The fourth-order valence-electron chi connectivity index (χ4n) is 17.4. The first-order valence-corrected chi connectivity index (χ1v) is 35.5. The minimum absolute atomic E-state index is 0.0366. The number of aromatic nitrogens is 6. The molecule has 0 amide bonds. The summed E-state index contributed by atoms with van der Waals surface area (Å²) in [7, 11) is 0. The van der Waals surface area contributed by atoms with Crippen LogP contribution in [0.3, 0.4) is 0 Å². The highest BCUT2D eigenvalue weighted by Gasteiger charge is 2.42. The molecule has 10 heterocycles. The number of hydrogen-bond acceptors (Lipinski definition) is 8. The molecule has 1 aliphatic carbocycles. The zero-order chi connectivity index (χ0) is 64.7. The van der Waals surface area contributed by atoms with E-state index < -0.39 is 0 Å². The van der Waals surface area contributed by atoms with Gasteiger partial charge in [-0.2, -0.15) is 0 Å². The molecule has 0 saturated carbocycles. The molecule has 12 heteroatoms. The molecule has 2 atom stereocenters. The summed E-state index contributed by atoms with van der Waals surface area (Å²) in [5, 5.41) is 14.3. The van der Waals surface area contributed by atoms with E-state index in [-0.39, 0.29) is 12.0 Å². The van der Waals surface area contributed by atoms with Crippen LogP contribution in [-0.2, 0) is 0 Å². The van der Waals surface area contributed by atoms with Gasteiger partial charge in [-0.05, 0) is 126 Å². The summed E-state index contributed by atoms with van der Waals surface area (Å²) < 4.78 is 23.7. The van der Waals surface area contributed by atoms with Gasteiger partial charge in [0.05, 0.1) is 78.4 Å². The van der Waals surface area contributed by atoms with Crippen molar-refractivity contribution in [3.63, 3.8) is 0 Å². The molecule has 100 heavy (non-hydrogen) atoms. The molecule has 2 unspecified atom stereocenters. The molecule has 24 rings (SSSR count). The average molecular weight is 1310 g/mol. The number of thioether (sulfide) groups is 1.